The first-order valence-electron chi connectivity index (χ1n) is 7.67. The van der Waals surface area contributed by atoms with Gasteiger partial charge in [0.1, 0.15) is 18.2 Å². The monoisotopic (exact) mass is 339 g/mol. The van der Waals surface area contributed by atoms with Crippen molar-refractivity contribution in [2.45, 2.75) is 6.04 Å². The van der Waals surface area contributed by atoms with Crippen LogP contribution in [0.25, 0.3) is 5.76 Å². The van der Waals surface area contributed by atoms with Gasteiger partial charge in [-0.3, -0.25) is 9.59 Å². The molecule has 1 atom stereocenters. The van der Waals surface area contributed by atoms with Crippen LogP contribution in [0.2, 0.25) is 0 Å². The Bertz CT molecular complexity index is 827. The van der Waals surface area contributed by atoms with Crippen LogP contribution in [0.1, 0.15) is 17.2 Å². The van der Waals surface area contributed by atoms with E-state index in [0.717, 1.165) is 4.90 Å². The normalized spacial score (nSPS) is 19.3. The predicted molar refractivity (Wildman–Crippen MR) is 90.7 cm³/mol. The third-order valence-corrected chi connectivity index (χ3v) is 4.17. The van der Waals surface area contributed by atoms with Crippen molar-refractivity contribution in [2.24, 2.45) is 0 Å². The van der Waals surface area contributed by atoms with Gasteiger partial charge in [0.15, 0.2) is 0 Å². The van der Waals surface area contributed by atoms with Crippen molar-refractivity contribution in [3.63, 3.8) is 0 Å². The zero-order chi connectivity index (χ0) is 18.0. The highest BCUT2D eigenvalue weighted by Crippen LogP contribution is 2.39. The largest absolute Gasteiger partial charge is 0.507 e. The lowest BCUT2D eigenvalue weighted by molar-refractivity contribution is -0.142. The Labute approximate surface area is 144 Å². The number of benzene rings is 2. The molecule has 2 aromatic rings. The zero-order valence-corrected chi connectivity index (χ0v) is 13.5. The Morgan fingerprint density at radius 3 is 2.28 bits per heavy atom. The van der Waals surface area contributed by atoms with Crippen LogP contribution in [0.15, 0.2) is 60.2 Å². The molecular weight excluding hydrogens is 322 g/mol. The van der Waals surface area contributed by atoms with Gasteiger partial charge in [-0.25, -0.2) is 0 Å². The molecule has 0 aliphatic carbocycles. The lowest BCUT2D eigenvalue weighted by Gasteiger charge is -2.23. The van der Waals surface area contributed by atoms with E-state index >= 15 is 0 Å². The summed E-state index contributed by atoms with van der Waals surface area (Å²) in [6.07, 6.45) is 0. The van der Waals surface area contributed by atoms with Crippen molar-refractivity contribution in [1.29, 1.82) is 0 Å². The minimum Gasteiger partial charge on any atom is -0.507 e. The van der Waals surface area contributed by atoms with Crippen LogP contribution in [0.4, 0.5) is 0 Å². The van der Waals surface area contributed by atoms with E-state index in [1.54, 1.807) is 54.6 Å². The van der Waals surface area contributed by atoms with Crippen molar-refractivity contribution in [3.8, 4) is 5.75 Å². The summed E-state index contributed by atoms with van der Waals surface area (Å²) in [5.74, 6) is -1.32. The average molecular weight is 339 g/mol. The molecule has 128 valence electrons. The molecule has 3 rings (SSSR count). The number of aliphatic hydroxyl groups is 2. The number of ether oxygens (including phenoxy) is 1. The molecule has 0 bridgehead atoms. The van der Waals surface area contributed by atoms with Crippen molar-refractivity contribution in [1.82, 2.24) is 4.90 Å². The molecule has 0 saturated carbocycles. The highest BCUT2D eigenvalue weighted by Gasteiger charge is 2.45. The summed E-state index contributed by atoms with van der Waals surface area (Å²) in [6.45, 7) is -0.632. The van der Waals surface area contributed by atoms with Gasteiger partial charge in [-0.15, -0.1) is 0 Å². The molecule has 25 heavy (non-hydrogen) atoms. The van der Waals surface area contributed by atoms with Crippen molar-refractivity contribution < 1.29 is 24.5 Å². The number of hydrogen-bond donors (Lipinski definition) is 2. The van der Waals surface area contributed by atoms with Crippen molar-refractivity contribution in [3.05, 3.63) is 71.3 Å². The number of amides is 1. The second-order valence-electron chi connectivity index (χ2n) is 5.55. The van der Waals surface area contributed by atoms with Gasteiger partial charge in [-0.05, 0) is 17.7 Å². The highest BCUT2D eigenvalue weighted by atomic mass is 16.5. The van der Waals surface area contributed by atoms with E-state index in [4.69, 9.17) is 4.74 Å². The number of nitrogens with zero attached hydrogens (tertiary/aromatic N) is 1. The smallest absolute Gasteiger partial charge is 0.297 e. The van der Waals surface area contributed by atoms with E-state index in [0.29, 0.717) is 16.9 Å². The first kappa shape index (κ1) is 16.7. The van der Waals surface area contributed by atoms with E-state index in [1.165, 1.54) is 7.11 Å². The van der Waals surface area contributed by atoms with Gasteiger partial charge in [0, 0.05) is 5.56 Å². The maximum atomic E-state index is 12.5. The van der Waals surface area contributed by atoms with Gasteiger partial charge in [0.25, 0.3) is 11.7 Å². The average Bonchev–Trinajstić information content (AvgIpc) is 2.92. The van der Waals surface area contributed by atoms with Crippen LogP contribution >= 0.6 is 0 Å². The first-order valence-corrected chi connectivity index (χ1v) is 7.67. The SMILES string of the molecule is COc1ccc(C2C(=C(O)c3ccccc3)C(=O)C(=O)N2CO)cc1. The lowest BCUT2D eigenvalue weighted by Crippen LogP contribution is -2.30. The zero-order valence-electron chi connectivity index (χ0n) is 13.5. The van der Waals surface area contributed by atoms with Crippen LogP contribution in [-0.4, -0.2) is 40.6 Å². The highest BCUT2D eigenvalue weighted by molar-refractivity contribution is 6.46. The number of methoxy groups -OCH3 is 1. The minimum atomic E-state index is -0.865. The van der Waals surface area contributed by atoms with Gasteiger partial charge in [0.05, 0.1) is 18.7 Å². The Kier molecular flexibility index (Phi) is 4.54. The molecule has 2 aromatic carbocycles. The molecule has 2 N–H and O–H groups in total. The lowest BCUT2D eigenvalue weighted by atomic mass is 9.95. The summed E-state index contributed by atoms with van der Waals surface area (Å²) in [5, 5.41) is 20.2. The summed E-state index contributed by atoms with van der Waals surface area (Å²) in [7, 11) is 1.53. The van der Waals surface area contributed by atoms with Gasteiger partial charge in [-0.2, -0.15) is 0 Å². The Hall–Kier alpha value is -3.12. The predicted octanol–water partition coefficient (Wildman–Crippen LogP) is 2.07. The van der Waals surface area contributed by atoms with Crippen LogP contribution in [0, 0.1) is 0 Å². The second kappa shape index (κ2) is 6.78. The third-order valence-electron chi connectivity index (χ3n) is 4.17. The molecule has 1 aliphatic rings. The van der Waals surface area contributed by atoms with E-state index in [-0.39, 0.29) is 11.3 Å². The van der Waals surface area contributed by atoms with Crippen LogP contribution in [-0.2, 0) is 9.59 Å². The fourth-order valence-electron chi connectivity index (χ4n) is 2.91. The quantitative estimate of drug-likeness (QED) is 0.506. The number of Topliss-reactive ketones (excluding diaryl/α,β-unsaturated/α-hetero) is 1. The standard InChI is InChI=1S/C19H17NO5/c1-25-14-9-7-12(8-10-14)16-15(18(23)19(24)20(16)11-21)17(22)13-5-3-2-4-6-13/h2-10,16,21-22H,11H2,1H3. The van der Waals surface area contributed by atoms with E-state index < -0.39 is 24.5 Å². The number of aliphatic hydroxyl groups excluding tert-OH is 2. The maximum Gasteiger partial charge on any atom is 0.297 e. The maximum absolute atomic E-state index is 12.5. The van der Waals surface area contributed by atoms with Crippen LogP contribution < -0.4 is 4.74 Å². The molecule has 1 fully saturated rings. The summed E-state index contributed by atoms with van der Waals surface area (Å²) < 4.78 is 5.11. The minimum absolute atomic E-state index is 0.0459. The molecule has 1 amide bonds. The molecule has 0 aromatic heterocycles. The molecule has 1 saturated heterocycles. The first-order chi connectivity index (χ1) is 12.1. The van der Waals surface area contributed by atoms with Crippen LogP contribution in [0.3, 0.4) is 0 Å². The summed E-state index contributed by atoms with van der Waals surface area (Å²) in [6, 6.07) is 14.4. The molecule has 6 nitrogen and oxygen atoms in total. The van der Waals surface area contributed by atoms with E-state index in [9.17, 15) is 19.8 Å². The fourth-order valence-corrected chi connectivity index (χ4v) is 2.91. The molecular formula is C19H17NO5. The number of likely N-dealkylation sites (tertiary alicyclic amines) is 1. The number of carbonyl (C=O) groups is 2. The van der Waals surface area contributed by atoms with Gasteiger partial charge in [0.2, 0.25) is 0 Å². The summed E-state index contributed by atoms with van der Waals surface area (Å²) in [4.78, 5) is 25.7. The Morgan fingerprint density at radius 2 is 1.72 bits per heavy atom. The molecule has 1 heterocycles. The molecule has 0 spiro atoms. The summed E-state index contributed by atoms with van der Waals surface area (Å²) >= 11 is 0. The number of ketones is 1. The summed E-state index contributed by atoms with van der Waals surface area (Å²) in [5.41, 5.74) is 0.971. The van der Waals surface area contributed by atoms with Gasteiger partial charge in [-0.1, -0.05) is 42.5 Å². The van der Waals surface area contributed by atoms with E-state index in [1.807, 2.05) is 0 Å². The Morgan fingerprint density at radius 1 is 1.08 bits per heavy atom. The Balaban J connectivity index is 2.16. The van der Waals surface area contributed by atoms with Gasteiger partial charge >= 0.3 is 0 Å². The second-order valence-corrected chi connectivity index (χ2v) is 5.55. The molecule has 0 radical (unpaired) electrons. The number of carbonyl (C=O) groups excluding carboxylic acids is 2. The number of rotatable bonds is 4. The van der Waals surface area contributed by atoms with E-state index in [2.05, 4.69) is 0 Å². The fraction of sp³-hybridized carbons (Fsp3) is 0.158. The van der Waals surface area contributed by atoms with Crippen molar-refractivity contribution in [2.75, 3.05) is 13.8 Å². The molecule has 6 heteroatoms. The van der Waals surface area contributed by atoms with Crippen molar-refractivity contribution >= 4 is 17.4 Å². The third kappa shape index (κ3) is 2.88. The van der Waals surface area contributed by atoms with Gasteiger partial charge < -0.3 is 19.8 Å². The molecule has 1 aliphatic heterocycles. The van der Waals surface area contributed by atoms with Crippen LogP contribution in [0.5, 0.6) is 5.75 Å². The topological polar surface area (TPSA) is 87.1 Å². The number of hydrogen-bond acceptors (Lipinski definition) is 5. The molecule has 1 unspecified atom stereocenters.